The third-order valence-corrected chi connectivity index (χ3v) is 4.59. The average molecular weight is 359 g/mol. The van der Waals surface area contributed by atoms with E-state index in [1.165, 1.54) is 23.4 Å². The first-order valence-electron chi connectivity index (χ1n) is 8.70. The maximum absolute atomic E-state index is 13.6. The van der Waals surface area contributed by atoms with Crippen molar-refractivity contribution in [3.05, 3.63) is 101 Å². The quantitative estimate of drug-likeness (QED) is 0.563. The first-order valence-corrected chi connectivity index (χ1v) is 8.70. The minimum Gasteiger partial charge on any atom is -0.363 e. The summed E-state index contributed by atoms with van der Waals surface area (Å²) in [6.07, 6.45) is 1.30. The van der Waals surface area contributed by atoms with Gasteiger partial charge in [0.25, 0.3) is 5.91 Å². The lowest BCUT2D eigenvalue weighted by Gasteiger charge is -2.18. The van der Waals surface area contributed by atoms with Crippen molar-refractivity contribution in [2.24, 2.45) is 5.10 Å². The third-order valence-electron chi connectivity index (χ3n) is 4.59. The molecule has 1 aliphatic heterocycles. The molecule has 1 aliphatic rings. The lowest BCUT2D eigenvalue weighted by atomic mass is 10.1. The highest BCUT2D eigenvalue weighted by Crippen LogP contribution is 2.28. The van der Waals surface area contributed by atoms with Gasteiger partial charge in [-0.25, -0.2) is 9.82 Å². The van der Waals surface area contributed by atoms with Gasteiger partial charge in [-0.15, -0.1) is 0 Å². The van der Waals surface area contributed by atoms with E-state index < -0.39 is 0 Å². The number of carbonyl (C=O) groups excluding carboxylic acids is 1. The van der Waals surface area contributed by atoms with Gasteiger partial charge in [0.1, 0.15) is 5.82 Å². The molecule has 0 fully saturated rings. The zero-order valence-electron chi connectivity index (χ0n) is 14.6. The van der Waals surface area contributed by atoms with Gasteiger partial charge in [-0.1, -0.05) is 48.5 Å². The monoisotopic (exact) mass is 359 g/mol. The Labute approximate surface area is 157 Å². The molecule has 3 aromatic rings. The van der Waals surface area contributed by atoms with Gasteiger partial charge in [-0.2, -0.15) is 5.10 Å². The molecule has 0 unspecified atom stereocenters. The Hall–Kier alpha value is -3.47. The van der Waals surface area contributed by atoms with Gasteiger partial charge in [0.2, 0.25) is 0 Å². The Morgan fingerprint density at radius 2 is 1.67 bits per heavy atom. The lowest BCUT2D eigenvalue weighted by molar-refractivity contribution is 0.0955. The minimum absolute atomic E-state index is 0.321. The van der Waals surface area contributed by atoms with Crippen LogP contribution in [-0.4, -0.2) is 12.1 Å². The van der Waals surface area contributed by atoms with Crippen molar-refractivity contribution in [2.75, 3.05) is 4.90 Å². The van der Waals surface area contributed by atoms with Crippen molar-refractivity contribution < 1.29 is 9.18 Å². The number of halogens is 1. The van der Waals surface area contributed by atoms with Crippen LogP contribution < -0.4 is 10.3 Å². The molecule has 4 rings (SSSR count). The molecule has 3 aromatic carbocycles. The standard InChI is InChI=1S/C22H18FN3O/c23-21-11-4-3-6-17(21)13-24-25-22(27)16-9-5-10-20(12-16)26-14-18-7-1-2-8-19(18)15-26/h1-13H,14-15H2,(H,25,27)/b24-13-. The molecular weight excluding hydrogens is 341 g/mol. The van der Waals surface area contributed by atoms with Crippen LogP contribution in [0.5, 0.6) is 0 Å². The van der Waals surface area contributed by atoms with Gasteiger partial charge in [0.05, 0.1) is 6.21 Å². The summed E-state index contributed by atoms with van der Waals surface area (Å²) in [5.74, 6) is -0.716. The van der Waals surface area contributed by atoms with Crippen molar-refractivity contribution in [1.29, 1.82) is 0 Å². The van der Waals surface area contributed by atoms with E-state index in [4.69, 9.17) is 0 Å². The number of amides is 1. The van der Waals surface area contributed by atoms with E-state index in [9.17, 15) is 9.18 Å². The molecule has 0 atom stereocenters. The van der Waals surface area contributed by atoms with Crippen molar-refractivity contribution in [3.8, 4) is 0 Å². The van der Waals surface area contributed by atoms with Gasteiger partial charge in [0, 0.05) is 29.9 Å². The number of hydrazone groups is 1. The summed E-state index contributed by atoms with van der Waals surface area (Å²) in [6, 6.07) is 22.0. The minimum atomic E-state index is -0.383. The zero-order chi connectivity index (χ0) is 18.6. The van der Waals surface area contributed by atoms with Crippen molar-refractivity contribution in [3.63, 3.8) is 0 Å². The number of benzene rings is 3. The van der Waals surface area contributed by atoms with Crippen molar-refractivity contribution in [1.82, 2.24) is 5.43 Å². The molecular formula is C22H18FN3O. The van der Waals surface area contributed by atoms with Crippen LogP contribution in [0.1, 0.15) is 27.0 Å². The van der Waals surface area contributed by atoms with Crippen molar-refractivity contribution in [2.45, 2.75) is 13.1 Å². The summed E-state index contributed by atoms with van der Waals surface area (Å²) in [5.41, 5.74) is 6.88. The molecule has 0 saturated carbocycles. The summed E-state index contributed by atoms with van der Waals surface area (Å²) < 4.78 is 13.6. The maximum atomic E-state index is 13.6. The van der Waals surface area contributed by atoms with Gasteiger partial charge >= 0.3 is 0 Å². The third kappa shape index (κ3) is 3.72. The molecule has 0 bridgehead atoms. The predicted octanol–water partition coefficient (Wildman–Crippen LogP) is 4.11. The first kappa shape index (κ1) is 17.0. The smallest absolute Gasteiger partial charge is 0.271 e. The molecule has 1 heterocycles. The Bertz CT molecular complexity index is 991. The second kappa shape index (κ2) is 7.41. The van der Waals surface area contributed by atoms with E-state index in [0.717, 1.165) is 18.8 Å². The number of nitrogens with one attached hydrogen (secondary N) is 1. The Kier molecular flexibility index (Phi) is 4.66. The molecule has 134 valence electrons. The highest BCUT2D eigenvalue weighted by atomic mass is 19.1. The topological polar surface area (TPSA) is 44.7 Å². The number of hydrogen-bond acceptors (Lipinski definition) is 3. The number of carbonyl (C=O) groups is 1. The summed E-state index contributed by atoms with van der Waals surface area (Å²) in [7, 11) is 0. The van der Waals surface area contributed by atoms with Crippen LogP contribution in [0.2, 0.25) is 0 Å². The van der Waals surface area contributed by atoms with Gasteiger partial charge in [-0.05, 0) is 35.4 Å². The normalized spacial score (nSPS) is 13.0. The number of hydrogen-bond donors (Lipinski definition) is 1. The summed E-state index contributed by atoms with van der Waals surface area (Å²) in [6.45, 7) is 1.65. The average Bonchev–Trinajstić information content (AvgIpc) is 3.14. The summed E-state index contributed by atoms with van der Waals surface area (Å²) in [5, 5.41) is 3.86. The fourth-order valence-electron chi connectivity index (χ4n) is 3.16. The van der Waals surface area contributed by atoms with Gasteiger partial charge in [-0.3, -0.25) is 4.79 Å². The van der Waals surface area contributed by atoms with E-state index in [-0.39, 0.29) is 11.7 Å². The van der Waals surface area contributed by atoms with E-state index >= 15 is 0 Å². The number of fused-ring (bicyclic) bond motifs is 1. The molecule has 0 radical (unpaired) electrons. The maximum Gasteiger partial charge on any atom is 0.271 e. The predicted molar refractivity (Wildman–Crippen MR) is 104 cm³/mol. The number of nitrogens with zero attached hydrogens (tertiary/aromatic N) is 2. The fraction of sp³-hybridized carbons (Fsp3) is 0.0909. The molecule has 27 heavy (non-hydrogen) atoms. The Balaban J connectivity index is 1.45. The lowest BCUT2D eigenvalue weighted by Crippen LogP contribution is -2.19. The zero-order valence-corrected chi connectivity index (χ0v) is 14.6. The Morgan fingerprint density at radius 1 is 0.963 bits per heavy atom. The van der Waals surface area contributed by atoms with E-state index in [1.807, 2.05) is 30.3 Å². The largest absolute Gasteiger partial charge is 0.363 e. The Morgan fingerprint density at radius 3 is 2.41 bits per heavy atom. The molecule has 0 saturated heterocycles. The highest BCUT2D eigenvalue weighted by molar-refractivity contribution is 5.95. The SMILES string of the molecule is O=C(N/N=C\c1ccccc1F)c1cccc(N2Cc3ccccc3C2)c1. The second-order valence-electron chi connectivity index (χ2n) is 6.40. The molecule has 1 N–H and O–H groups in total. The van der Waals surface area contributed by atoms with E-state index in [0.29, 0.717) is 11.1 Å². The molecule has 5 heteroatoms. The first-order chi connectivity index (χ1) is 13.2. The molecule has 4 nitrogen and oxygen atoms in total. The second-order valence-corrected chi connectivity index (χ2v) is 6.40. The molecule has 0 aliphatic carbocycles. The van der Waals surface area contributed by atoms with Crippen molar-refractivity contribution >= 4 is 17.8 Å². The van der Waals surface area contributed by atoms with Crippen LogP contribution in [0.25, 0.3) is 0 Å². The van der Waals surface area contributed by atoms with Crippen LogP contribution in [0.3, 0.4) is 0 Å². The summed E-state index contributed by atoms with van der Waals surface area (Å²) >= 11 is 0. The highest BCUT2D eigenvalue weighted by Gasteiger charge is 2.19. The van der Waals surface area contributed by atoms with Gasteiger partial charge in [0.15, 0.2) is 0 Å². The summed E-state index contributed by atoms with van der Waals surface area (Å²) in [4.78, 5) is 14.6. The molecule has 1 amide bonds. The van der Waals surface area contributed by atoms with E-state index in [2.05, 4.69) is 27.6 Å². The van der Waals surface area contributed by atoms with Crippen LogP contribution in [-0.2, 0) is 13.1 Å². The van der Waals surface area contributed by atoms with E-state index in [1.54, 1.807) is 24.3 Å². The molecule has 0 spiro atoms. The number of anilines is 1. The van der Waals surface area contributed by atoms with Gasteiger partial charge < -0.3 is 4.90 Å². The van der Waals surface area contributed by atoms with Crippen LogP contribution in [0.15, 0.2) is 77.9 Å². The van der Waals surface area contributed by atoms with Crippen LogP contribution in [0.4, 0.5) is 10.1 Å². The molecule has 0 aromatic heterocycles. The number of rotatable bonds is 4. The fourth-order valence-corrected chi connectivity index (χ4v) is 3.16. The van der Waals surface area contributed by atoms with Crippen LogP contribution >= 0.6 is 0 Å². The van der Waals surface area contributed by atoms with Crippen LogP contribution in [0, 0.1) is 5.82 Å².